The molecule has 0 aliphatic carbocycles. The lowest BCUT2D eigenvalue weighted by Crippen LogP contribution is -2.35. The van der Waals surface area contributed by atoms with Crippen molar-refractivity contribution in [3.8, 4) is 0 Å². The Balaban J connectivity index is 2.56. The number of thiophene rings is 1. The molecule has 0 aliphatic rings. The van der Waals surface area contributed by atoms with Crippen LogP contribution in [0.2, 0.25) is 0 Å². The van der Waals surface area contributed by atoms with Crippen molar-refractivity contribution in [1.29, 1.82) is 0 Å². The van der Waals surface area contributed by atoms with Gasteiger partial charge in [0.1, 0.15) is 0 Å². The van der Waals surface area contributed by atoms with Crippen molar-refractivity contribution in [2.45, 2.75) is 33.2 Å². The van der Waals surface area contributed by atoms with Gasteiger partial charge < -0.3 is 4.90 Å². The average molecular weight is 383 g/mol. The second-order valence-electron chi connectivity index (χ2n) is 4.74. The van der Waals surface area contributed by atoms with E-state index < -0.39 is 0 Å². The summed E-state index contributed by atoms with van der Waals surface area (Å²) in [5.74, 6) is 0. The summed E-state index contributed by atoms with van der Waals surface area (Å²) in [5.41, 5.74) is 0.420. The molecule has 0 atom stereocenters. The first kappa shape index (κ1) is 15.7. The Morgan fingerprint density at radius 3 is 2.41 bits per heavy atom. The molecule has 17 heavy (non-hydrogen) atoms. The summed E-state index contributed by atoms with van der Waals surface area (Å²) in [6.07, 6.45) is 2.46. The van der Waals surface area contributed by atoms with E-state index in [9.17, 15) is 0 Å². The van der Waals surface area contributed by atoms with Crippen LogP contribution in [-0.4, -0.2) is 23.8 Å². The van der Waals surface area contributed by atoms with Gasteiger partial charge in [-0.1, -0.05) is 29.8 Å². The molecule has 0 bridgehead atoms. The average Bonchev–Trinajstić information content (AvgIpc) is 2.72. The fourth-order valence-corrected chi connectivity index (χ4v) is 4.54. The lowest BCUT2D eigenvalue weighted by molar-refractivity contribution is 0.181. The molecule has 0 aromatic carbocycles. The highest BCUT2D eigenvalue weighted by molar-refractivity contribution is 9.10. The highest BCUT2D eigenvalue weighted by Crippen LogP contribution is 2.30. The fraction of sp³-hybridized carbons (Fsp3) is 0.692. The predicted octanol–water partition coefficient (Wildman–Crippen LogP) is 5.14. The Bertz CT molecular complexity index is 326. The minimum atomic E-state index is 0.420. The zero-order valence-corrected chi connectivity index (χ0v) is 14.8. The van der Waals surface area contributed by atoms with Gasteiger partial charge in [0.15, 0.2) is 0 Å². The van der Waals surface area contributed by atoms with E-state index in [1.165, 1.54) is 22.2 Å². The first-order valence-electron chi connectivity index (χ1n) is 6.02. The monoisotopic (exact) mass is 381 g/mol. The summed E-state index contributed by atoms with van der Waals surface area (Å²) in [5, 5.41) is 3.24. The number of alkyl halides is 1. The van der Waals surface area contributed by atoms with Gasteiger partial charge in [0, 0.05) is 33.1 Å². The molecular formula is C13H21Br2NS. The minimum absolute atomic E-state index is 0.420. The van der Waals surface area contributed by atoms with Gasteiger partial charge in [0.05, 0.1) is 0 Å². The van der Waals surface area contributed by atoms with Crippen molar-refractivity contribution in [3.05, 3.63) is 20.8 Å². The van der Waals surface area contributed by atoms with Crippen LogP contribution in [0.4, 0.5) is 0 Å². The molecule has 0 radical (unpaired) electrons. The number of nitrogens with zero attached hydrogens (tertiary/aromatic N) is 1. The lowest BCUT2D eigenvalue weighted by Gasteiger charge is -2.34. The van der Waals surface area contributed by atoms with Gasteiger partial charge >= 0.3 is 0 Å². The van der Waals surface area contributed by atoms with Crippen LogP contribution < -0.4 is 0 Å². The van der Waals surface area contributed by atoms with Crippen LogP contribution in [0.15, 0.2) is 15.9 Å². The second-order valence-corrected chi connectivity index (χ2v) is 7.22. The molecule has 0 saturated heterocycles. The molecule has 1 rings (SSSR count). The van der Waals surface area contributed by atoms with E-state index in [2.05, 4.69) is 69.1 Å². The quantitative estimate of drug-likeness (QED) is 0.589. The first-order chi connectivity index (χ1) is 8.05. The van der Waals surface area contributed by atoms with Gasteiger partial charge in [-0.15, -0.1) is 11.3 Å². The number of hydrogen-bond donors (Lipinski definition) is 0. The third-order valence-electron chi connectivity index (χ3n) is 3.44. The highest BCUT2D eigenvalue weighted by Gasteiger charge is 2.26. The Morgan fingerprint density at radius 2 is 2.00 bits per heavy atom. The Morgan fingerprint density at radius 1 is 1.35 bits per heavy atom. The maximum atomic E-state index is 3.68. The molecule has 0 unspecified atom stereocenters. The van der Waals surface area contributed by atoms with Gasteiger partial charge in [-0.05, 0) is 47.3 Å². The highest BCUT2D eigenvalue weighted by atomic mass is 79.9. The van der Waals surface area contributed by atoms with Gasteiger partial charge in [0.25, 0.3) is 0 Å². The van der Waals surface area contributed by atoms with Crippen LogP contribution in [0.5, 0.6) is 0 Å². The largest absolute Gasteiger partial charge is 0.301 e. The molecule has 0 aliphatic heterocycles. The zero-order chi connectivity index (χ0) is 12.9. The summed E-state index contributed by atoms with van der Waals surface area (Å²) < 4.78 is 1.20. The Kier molecular flexibility index (Phi) is 6.70. The fourth-order valence-electron chi connectivity index (χ4n) is 2.04. The van der Waals surface area contributed by atoms with Crippen LogP contribution in [0.3, 0.4) is 0 Å². The summed E-state index contributed by atoms with van der Waals surface area (Å²) in [4.78, 5) is 3.86. The van der Waals surface area contributed by atoms with Crippen molar-refractivity contribution in [1.82, 2.24) is 4.90 Å². The minimum Gasteiger partial charge on any atom is -0.301 e. The summed E-state index contributed by atoms with van der Waals surface area (Å²) in [6, 6.07) is 2.22. The van der Waals surface area contributed by atoms with Crippen LogP contribution in [0, 0.1) is 5.41 Å². The van der Waals surface area contributed by atoms with Crippen molar-refractivity contribution >= 4 is 43.2 Å². The van der Waals surface area contributed by atoms with E-state index in [0.29, 0.717) is 5.41 Å². The summed E-state index contributed by atoms with van der Waals surface area (Å²) in [7, 11) is 2.22. The lowest BCUT2D eigenvalue weighted by atomic mass is 9.84. The number of hydrogen-bond acceptors (Lipinski definition) is 2. The molecule has 1 aromatic heterocycles. The maximum Gasteiger partial charge on any atom is 0.0325 e. The van der Waals surface area contributed by atoms with Gasteiger partial charge in [-0.2, -0.15) is 0 Å². The van der Waals surface area contributed by atoms with Gasteiger partial charge in [0.2, 0.25) is 0 Å². The molecule has 0 saturated carbocycles. The molecule has 1 aromatic rings. The third-order valence-corrected chi connectivity index (χ3v) is 6.31. The van der Waals surface area contributed by atoms with Crippen LogP contribution >= 0.6 is 43.2 Å². The molecule has 0 N–H and O–H groups in total. The van der Waals surface area contributed by atoms with E-state index in [4.69, 9.17) is 0 Å². The normalized spacial score (nSPS) is 12.4. The van der Waals surface area contributed by atoms with E-state index in [0.717, 1.165) is 18.4 Å². The molecule has 1 heterocycles. The third kappa shape index (κ3) is 4.66. The van der Waals surface area contributed by atoms with Crippen molar-refractivity contribution in [2.75, 3.05) is 18.9 Å². The first-order valence-corrected chi connectivity index (χ1v) is 8.82. The molecule has 98 valence electrons. The second kappa shape index (κ2) is 7.27. The number of rotatable bonds is 7. The maximum absolute atomic E-state index is 3.68. The molecule has 1 nitrogen and oxygen atoms in total. The van der Waals surface area contributed by atoms with Crippen molar-refractivity contribution in [2.24, 2.45) is 5.41 Å². The molecule has 0 fully saturated rings. The van der Waals surface area contributed by atoms with Crippen LogP contribution in [0.25, 0.3) is 0 Å². The molecule has 0 spiro atoms. The SMILES string of the molecule is CCC(CC)(CBr)CN(C)Cc1cc(Br)cs1. The topological polar surface area (TPSA) is 3.24 Å². The van der Waals surface area contributed by atoms with E-state index in [1.54, 1.807) is 0 Å². The van der Waals surface area contributed by atoms with E-state index >= 15 is 0 Å². The van der Waals surface area contributed by atoms with E-state index in [1.807, 2.05) is 11.3 Å². The Labute approximate surface area is 126 Å². The predicted molar refractivity (Wildman–Crippen MR) is 85.2 cm³/mol. The zero-order valence-electron chi connectivity index (χ0n) is 10.8. The summed E-state index contributed by atoms with van der Waals surface area (Å²) >= 11 is 9.02. The van der Waals surface area contributed by atoms with E-state index in [-0.39, 0.29) is 0 Å². The molecule has 0 amide bonds. The smallest absolute Gasteiger partial charge is 0.0325 e. The van der Waals surface area contributed by atoms with Crippen LogP contribution in [-0.2, 0) is 6.54 Å². The Hall–Kier alpha value is 0.620. The van der Waals surface area contributed by atoms with Gasteiger partial charge in [-0.25, -0.2) is 0 Å². The van der Waals surface area contributed by atoms with Crippen molar-refractivity contribution in [3.63, 3.8) is 0 Å². The summed E-state index contributed by atoms with van der Waals surface area (Å²) in [6.45, 7) is 6.78. The van der Waals surface area contributed by atoms with Crippen LogP contribution in [0.1, 0.15) is 31.6 Å². The number of halogens is 2. The van der Waals surface area contributed by atoms with Crippen molar-refractivity contribution < 1.29 is 0 Å². The van der Waals surface area contributed by atoms with Gasteiger partial charge in [-0.3, -0.25) is 0 Å². The molecular weight excluding hydrogens is 362 g/mol. The molecule has 4 heteroatoms. The standard InChI is InChI=1S/C13H21Br2NS/c1-4-13(5-2,9-14)10-16(3)7-12-6-11(15)8-17-12/h6,8H,4-5,7,9-10H2,1-3H3.